The van der Waals surface area contributed by atoms with Crippen LogP contribution < -0.4 is 10.6 Å². The summed E-state index contributed by atoms with van der Waals surface area (Å²) in [6.07, 6.45) is 0. The van der Waals surface area contributed by atoms with Crippen LogP contribution >= 0.6 is 35.6 Å². The summed E-state index contributed by atoms with van der Waals surface area (Å²) in [5, 5.41) is 7.44. The Balaban J connectivity index is 0.00000280. The Hall–Kier alpha value is -1.35. The molecule has 0 bridgehead atoms. The third-order valence-corrected chi connectivity index (χ3v) is 4.96. The van der Waals surface area contributed by atoms with Gasteiger partial charge in [0.15, 0.2) is 5.96 Å². The zero-order valence-electron chi connectivity index (χ0n) is 16.2. The number of hydrogen-bond donors (Lipinski definition) is 2. The van der Waals surface area contributed by atoms with Crippen LogP contribution in [0.3, 0.4) is 0 Å². The molecule has 0 amide bonds. The number of nitrogens with one attached hydrogen (secondary N) is 2. The van der Waals surface area contributed by atoms with Crippen molar-refractivity contribution in [2.24, 2.45) is 4.99 Å². The molecule has 5 nitrogen and oxygen atoms in total. The van der Waals surface area contributed by atoms with Crippen LogP contribution in [0.25, 0.3) is 0 Å². The number of benzene rings is 2. The molecule has 1 aliphatic rings. The maximum absolute atomic E-state index is 6.21. The minimum absolute atomic E-state index is 0. The average molecular weight is 515 g/mol. The van der Waals surface area contributed by atoms with Crippen molar-refractivity contribution in [3.63, 3.8) is 0 Å². The summed E-state index contributed by atoms with van der Waals surface area (Å²) in [5.41, 5.74) is 3.62. The molecule has 0 saturated carbocycles. The van der Waals surface area contributed by atoms with Gasteiger partial charge in [-0.25, -0.2) is 0 Å². The first-order valence-corrected chi connectivity index (χ1v) is 9.68. The fourth-order valence-electron chi connectivity index (χ4n) is 3.08. The molecule has 2 aromatic rings. The van der Waals surface area contributed by atoms with Crippen molar-refractivity contribution < 1.29 is 4.74 Å². The number of guanidine groups is 1. The molecular weight excluding hydrogens is 487 g/mol. The number of halogens is 2. The SMILES string of the molecule is CN=C(NCc1cccc(CN2CCOCC2)c1)NCc1ccccc1Cl.I. The van der Waals surface area contributed by atoms with Crippen molar-refractivity contribution in [3.05, 3.63) is 70.2 Å². The van der Waals surface area contributed by atoms with E-state index in [2.05, 4.69) is 44.8 Å². The first-order valence-electron chi connectivity index (χ1n) is 9.30. The van der Waals surface area contributed by atoms with Gasteiger partial charge in [-0.15, -0.1) is 24.0 Å². The highest BCUT2D eigenvalue weighted by molar-refractivity contribution is 14.0. The van der Waals surface area contributed by atoms with Crippen molar-refractivity contribution in [1.29, 1.82) is 0 Å². The van der Waals surface area contributed by atoms with E-state index in [1.165, 1.54) is 11.1 Å². The molecule has 1 aliphatic heterocycles. The molecule has 28 heavy (non-hydrogen) atoms. The second-order valence-electron chi connectivity index (χ2n) is 6.58. The molecule has 0 spiro atoms. The Morgan fingerprint density at radius 3 is 2.50 bits per heavy atom. The summed E-state index contributed by atoms with van der Waals surface area (Å²) in [4.78, 5) is 6.72. The van der Waals surface area contributed by atoms with Gasteiger partial charge in [-0.2, -0.15) is 0 Å². The monoisotopic (exact) mass is 514 g/mol. The quantitative estimate of drug-likeness (QED) is 0.351. The van der Waals surface area contributed by atoms with Crippen LogP contribution in [-0.4, -0.2) is 44.2 Å². The van der Waals surface area contributed by atoms with E-state index in [1.54, 1.807) is 7.05 Å². The van der Waals surface area contributed by atoms with Crippen molar-refractivity contribution in [1.82, 2.24) is 15.5 Å². The molecular formula is C21H28ClIN4O. The lowest BCUT2D eigenvalue weighted by Gasteiger charge is -2.26. The van der Waals surface area contributed by atoms with Crippen LogP contribution in [-0.2, 0) is 24.4 Å². The Kier molecular flexibility index (Phi) is 10.0. The Labute approximate surface area is 189 Å². The molecule has 1 heterocycles. The van der Waals surface area contributed by atoms with Gasteiger partial charge in [0, 0.05) is 44.8 Å². The summed E-state index contributed by atoms with van der Waals surface area (Å²) in [6, 6.07) is 16.5. The lowest BCUT2D eigenvalue weighted by atomic mass is 10.1. The molecule has 0 aromatic heterocycles. The van der Waals surface area contributed by atoms with E-state index in [9.17, 15) is 0 Å². The van der Waals surface area contributed by atoms with Gasteiger partial charge in [0.05, 0.1) is 13.2 Å². The molecule has 7 heteroatoms. The zero-order chi connectivity index (χ0) is 18.9. The number of aliphatic imine (C=N–C) groups is 1. The first-order chi connectivity index (χ1) is 13.2. The highest BCUT2D eigenvalue weighted by atomic mass is 127. The molecule has 152 valence electrons. The Bertz CT molecular complexity index is 766. The summed E-state index contributed by atoms with van der Waals surface area (Å²) < 4.78 is 5.42. The third kappa shape index (κ3) is 7.24. The van der Waals surface area contributed by atoms with E-state index >= 15 is 0 Å². The van der Waals surface area contributed by atoms with Crippen molar-refractivity contribution in [2.45, 2.75) is 19.6 Å². The lowest BCUT2D eigenvalue weighted by molar-refractivity contribution is 0.0342. The minimum Gasteiger partial charge on any atom is -0.379 e. The van der Waals surface area contributed by atoms with E-state index < -0.39 is 0 Å². The molecule has 0 unspecified atom stereocenters. The van der Waals surface area contributed by atoms with Crippen LogP contribution in [0.4, 0.5) is 0 Å². The van der Waals surface area contributed by atoms with Crippen molar-refractivity contribution in [2.75, 3.05) is 33.4 Å². The maximum Gasteiger partial charge on any atom is 0.191 e. The topological polar surface area (TPSA) is 48.9 Å². The first kappa shape index (κ1) is 22.9. The second kappa shape index (κ2) is 12.3. The van der Waals surface area contributed by atoms with E-state index in [0.717, 1.165) is 55.9 Å². The Morgan fingerprint density at radius 1 is 1.04 bits per heavy atom. The number of hydrogen-bond acceptors (Lipinski definition) is 3. The van der Waals surface area contributed by atoms with Crippen LogP contribution in [0.1, 0.15) is 16.7 Å². The number of nitrogens with zero attached hydrogens (tertiary/aromatic N) is 2. The standard InChI is InChI=1S/C21H27ClN4O.HI/c1-23-21(25-15-19-7-2-3-8-20(19)22)24-14-17-5-4-6-18(13-17)16-26-9-11-27-12-10-26;/h2-8,13H,9-12,14-16H2,1H3,(H2,23,24,25);1H. The van der Waals surface area contributed by atoms with Crippen LogP contribution in [0.5, 0.6) is 0 Å². The minimum atomic E-state index is 0. The number of morpholine rings is 1. The predicted octanol–water partition coefficient (Wildman–Crippen LogP) is 3.66. The highest BCUT2D eigenvalue weighted by Gasteiger charge is 2.10. The van der Waals surface area contributed by atoms with Crippen LogP contribution in [0.2, 0.25) is 5.02 Å². The number of ether oxygens (including phenoxy) is 1. The van der Waals surface area contributed by atoms with Gasteiger partial charge in [0.25, 0.3) is 0 Å². The van der Waals surface area contributed by atoms with Gasteiger partial charge >= 0.3 is 0 Å². The predicted molar refractivity (Wildman–Crippen MR) is 126 cm³/mol. The summed E-state index contributed by atoms with van der Waals surface area (Å²) >= 11 is 6.21. The Morgan fingerprint density at radius 2 is 1.75 bits per heavy atom. The lowest BCUT2D eigenvalue weighted by Crippen LogP contribution is -2.36. The normalized spacial score (nSPS) is 15.0. The van der Waals surface area contributed by atoms with E-state index in [-0.39, 0.29) is 24.0 Å². The van der Waals surface area contributed by atoms with E-state index in [1.807, 2.05) is 24.3 Å². The second-order valence-corrected chi connectivity index (χ2v) is 6.99. The molecule has 0 atom stereocenters. The van der Waals surface area contributed by atoms with Crippen LogP contribution in [0, 0.1) is 0 Å². The molecule has 1 saturated heterocycles. The fourth-order valence-corrected chi connectivity index (χ4v) is 3.29. The van der Waals surface area contributed by atoms with Gasteiger partial charge < -0.3 is 15.4 Å². The van der Waals surface area contributed by atoms with E-state index in [4.69, 9.17) is 16.3 Å². The van der Waals surface area contributed by atoms with Gasteiger partial charge in [0.1, 0.15) is 0 Å². The van der Waals surface area contributed by atoms with Crippen molar-refractivity contribution >= 4 is 41.5 Å². The average Bonchev–Trinajstić information content (AvgIpc) is 2.70. The van der Waals surface area contributed by atoms with Gasteiger partial charge in [-0.1, -0.05) is 54.1 Å². The smallest absolute Gasteiger partial charge is 0.191 e. The number of rotatable bonds is 6. The molecule has 2 aromatic carbocycles. The van der Waals surface area contributed by atoms with Gasteiger partial charge in [0.2, 0.25) is 0 Å². The van der Waals surface area contributed by atoms with E-state index in [0.29, 0.717) is 6.54 Å². The fraction of sp³-hybridized carbons (Fsp3) is 0.381. The maximum atomic E-state index is 6.21. The van der Waals surface area contributed by atoms with Crippen molar-refractivity contribution in [3.8, 4) is 0 Å². The molecule has 3 rings (SSSR count). The largest absolute Gasteiger partial charge is 0.379 e. The summed E-state index contributed by atoms with van der Waals surface area (Å²) in [5.74, 6) is 0.758. The third-order valence-electron chi connectivity index (χ3n) is 4.59. The molecule has 0 aliphatic carbocycles. The molecule has 1 fully saturated rings. The zero-order valence-corrected chi connectivity index (χ0v) is 19.2. The molecule has 0 radical (unpaired) electrons. The molecule has 2 N–H and O–H groups in total. The van der Waals surface area contributed by atoms with Gasteiger partial charge in [-0.3, -0.25) is 9.89 Å². The summed E-state index contributed by atoms with van der Waals surface area (Å²) in [7, 11) is 1.77. The summed E-state index contributed by atoms with van der Waals surface area (Å²) in [6.45, 7) is 5.98. The van der Waals surface area contributed by atoms with Gasteiger partial charge in [-0.05, 0) is 22.8 Å². The van der Waals surface area contributed by atoms with Crippen LogP contribution in [0.15, 0.2) is 53.5 Å². The highest BCUT2D eigenvalue weighted by Crippen LogP contribution is 2.14.